The monoisotopic (exact) mass is 155 g/mol. The molecule has 4 N–H and O–H groups in total. The Morgan fingerprint density at radius 3 is 1.78 bits per heavy atom. The lowest BCUT2D eigenvalue weighted by molar-refractivity contribution is -0.120. The van der Waals surface area contributed by atoms with Gasteiger partial charge in [-0.05, 0) is 6.92 Å². The summed E-state index contributed by atoms with van der Waals surface area (Å²) >= 11 is 0. The second-order valence-corrected chi connectivity index (χ2v) is 3.16. The number of hydrogen-bond donors (Lipinski definition) is 4. The molecule has 0 aromatic heterocycles. The normalized spacial score (nSPS) is 15.2. The van der Waals surface area contributed by atoms with Gasteiger partial charge < -0.3 is 5.11 Å². The third kappa shape index (κ3) is 2.84. The van der Waals surface area contributed by atoms with Crippen LogP contribution in [0.25, 0.3) is 0 Å². The maximum atomic E-state index is 10.2. The number of aliphatic hydroxyl groups is 1. The molecule has 0 aromatic carbocycles. The molecule has 0 bridgehead atoms. The largest absolute Gasteiger partial charge is 0.481 e. The van der Waals surface area contributed by atoms with E-state index in [1.807, 2.05) is 0 Å². The van der Waals surface area contributed by atoms with E-state index in [-0.39, 0.29) is 0 Å². The van der Waals surface area contributed by atoms with Gasteiger partial charge in [0.2, 0.25) is 0 Å². The molecule has 5 nitrogen and oxygen atoms in total. The third-order valence-corrected chi connectivity index (χ3v) is 1.62. The number of rotatable bonds is 2. The maximum Gasteiger partial charge on any atom is 0.481 e. The second kappa shape index (κ2) is 2.68. The van der Waals surface area contributed by atoms with Crippen LogP contribution in [0.4, 0.5) is 0 Å². The summed E-state index contributed by atoms with van der Waals surface area (Å²) in [6, 6.07) is 0. The highest BCUT2D eigenvalue weighted by Crippen LogP contribution is 2.46. The molecule has 0 saturated heterocycles. The maximum absolute atomic E-state index is 10.2. The van der Waals surface area contributed by atoms with E-state index >= 15 is 0 Å². The highest BCUT2D eigenvalue weighted by molar-refractivity contribution is 7.76. The molecule has 0 aliphatic heterocycles. The number of aliphatic hydroxyl groups excluding tert-OH is 1. The van der Waals surface area contributed by atoms with E-state index in [1.165, 1.54) is 0 Å². The molecule has 0 heterocycles. The Bertz CT molecular complexity index is 114. The topological polar surface area (TPSA) is 98.0 Å². The Morgan fingerprint density at radius 2 is 1.78 bits per heavy atom. The van der Waals surface area contributed by atoms with Gasteiger partial charge >= 0.3 is 13.5 Å². The van der Waals surface area contributed by atoms with Crippen molar-refractivity contribution in [3.8, 4) is 0 Å². The number of hydrogen-bond acceptors (Lipinski definition) is 5. The van der Waals surface area contributed by atoms with Gasteiger partial charge in [-0.2, -0.15) is 14.7 Å². The van der Waals surface area contributed by atoms with Crippen LogP contribution in [0.2, 0.25) is 0 Å². The van der Waals surface area contributed by atoms with Gasteiger partial charge in [-0.1, -0.05) is 0 Å². The zero-order chi connectivity index (χ0) is 7.65. The fraction of sp³-hybridized carbons (Fsp3) is 0.667. The van der Waals surface area contributed by atoms with Gasteiger partial charge in [0.05, 0.1) is 0 Å². The summed E-state index contributed by atoms with van der Waals surface area (Å²) in [6.45, 7) is 1.04. The van der Waals surface area contributed by atoms with E-state index in [9.17, 15) is 4.79 Å². The van der Waals surface area contributed by atoms with Crippen LogP contribution < -0.4 is 0 Å². The van der Waals surface area contributed by atoms with E-state index in [0.717, 1.165) is 6.92 Å². The SMILES string of the molecule is C[C@@H](O)C(=O)[P+](O)(O)O. The first kappa shape index (κ1) is 8.94. The molecule has 0 amide bonds. The van der Waals surface area contributed by atoms with Crippen LogP contribution in [0.5, 0.6) is 0 Å². The van der Waals surface area contributed by atoms with Crippen LogP contribution in [0.3, 0.4) is 0 Å². The minimum atomic E-state index is -4.45. The minimum absolute atomic E-state index is 1.04. The first-order valence-electron chi connectivity index (χ1n) is 2.15. The van der Waals surface area contributed by atoms with Gasteiger partial charge in [-0.15, -0.1) is 0 Å². The Labute approximate surface area is 52.2 Å². The Kier molecular flexibility index (Phi) is 2.66. The number of carbonyl (C=O) groups excluding carboxylic acids is 1. The summed E-state index contributed by atoms with van der Waals surface area (Å²) in [5.74, 6) is 0. The van der Waals surface area contributed by atoms with Gasteiger partial charge in [0, 0.05) is 0 Å². The fourth-order valence-electron chi connectivity index (χ4n) is 0.251. The molecule has 0 aliphatic rings. The molecule has 0 unspecified atom stereocenters. The summed E-state index contributed by atoms with van der Waals surface area (Å²) < 4.78 is 0. The molecule has 0 spiro atoms. The zero-order valence-corrected chi connectivity index (χ0v) is 5.62. The molecule has 0 rings (SSSR count). The van der Waals surface area contributed by atoms with Crippen LogP contribution in [0, 0.1) is 0 Å². The zero-order valence-electron chi connectivity index (χ0n) is 4.72. The van der Waals surface area contributed by atoms with Crippen molar-refractivity contribution >= 4 is 13.5 Å². The molecule has 0 fully saturated rings. The molecule has 0 aliphatic carbocycles. The van der Waals surface area contributed by atoms with Crippen molar-refractivity contribution < 1.29 is 24.6 Å². The van der Waals surface area contributed by atoms with Crippen molar-refractivity contribution in [1.29, 1.82) is 0 Å². The quantitative estimate of drug-likeness (QED) is 0.369. The number of carbonyl (C=O) groups is 1. The lowest BCUT2D eigenvalue weighted by Crippen LogP contribution is -2.18. The van der Waals surface area contributed by atoms with Gasteiger partial charge in [0.15, 0.2) is 6.10 Å². The second-order valence-electron chi connectivity index (χ2n) is 1.58. The Hall–Kier alpha value is -0.0600. The Balaban J connectivity index is 4.06. The summed E-state index contributed by atoms with van der Waals surface area (Å²) in [5, 5.41) is 8.35. The van der Waals surface area contributed by atoms with E-state index < -0.39 is 19.6 Å². The van der Waals surface area contributed by atoms with Crippen molar-refractivity contribution in [3.63, 3.8) is 0 Å². The molecular weight excluding hydrogens is 147 g/mol. The molecule has 0 aromatic rings. The van der Waals surface area contributed by atoms with Crippen molar-refractivity contribution in [2.24, 2.45) is 0 Å². The first-order chi connectivity index (χ1) is 3.85. The van der Waals surface area contributed by atoms with Crippen LogP contribution in [0.15, 0.2) is 0 Å². The minimum Gasteiger partial charge on any atom is -0.381 e. The Morgan fingerprint density at radius 1 is 1.44 bits per heavy atom. The summed E-state index contributed by atoms with van der Waals surface area (Å²) in [6.07, 6.45) is -1.53. The van der Waals surface area contributed by atoms with E-state index in [4.69, 9.17) is 19.8 Å². The molecular formula is C3H8O5P+. The predicted octanol–water partition coefficient (Wildman–Crippen LogP) is -1.37. The molecule has 54 valence electrons. The third-order valence-electron chi connectivity index (χ3n) is 0.653. The van der Waals surface area contributed by atoms with Crippen molar-refractivity contribution in [1.82, 2.24) is 0 Å². The standard InChI is InChI=1S/C3H8O5P/c1-2(4)3(5)9(6,7)8/h2,4,6-8H,1H3/q+1/t2-/m1/s1. The van der Waals surface area contributed by atoms with E-state index in [1.54, 1.807) is 0 Å². The lowest BCUT2D eigenvalue weighted by atomic mass is 10.5. The fourth-order valence-corrected chi connectivity index (χ4v) is 0.752. The van der Waals surface area contributed by atoms with Gasteiger partial charge in [0.1, 0.15) is 0 Å². The average Bonchev–Trinajstić information content (AvgIpc) is 1.62. The van der Waals surface area contributed by atoms with E-state index in [0.29, 0.717) is 0 Å². The lowest BCUT2D eigenvalue weighted by Gasteiger charge is -2.01. The van der Waals surface area contributed by atoms with Crippen LogP contribution in [-0.4, -0.2) is 31.4 Å². The highest BCUT2D eigenvalue weighted by atomic mass is 31.2. The first-order valence-corrected chi connectivity index (χ1v) is 3.80. The predicted molar refractivity (Wildman–Crippen MR) is 30.3 cm³/mol. The van der Waals surface area contributed by atoms with Crippen LogP contribution >= 0.6 is 7.94 Å². The molecule has 9 heavy (non-hydrogen) atoms. The van der Waals surface area contributed by atoms with Crippen molar-refractivity contribution in [3.05, 3.63) is 0 Å². The molecule has 0 saturated carbocycles. The molecule has 0 radical (unpaired) electrons. The molecule has 1 atom stereocenters. The van der Waals surface area contributed by atoms with Gasteiger partial charge in [0.25, 0.3) is 0 Å². The average molecular weight is 155 g/mol. The summed E-state index contributed by atoms with van der Waals surface area (Å²) in [5.41, 5.74) is -1.33. The smallest absolute Gasteiger partial charge is 0.381 e. The summed E-state index contributed by atoms with van der Waals surface area (Å²) in [7, 11) is -4.45. The van der Waals surface area contributed by atoms with Crippen molar-refractivity contribution in [2.45, 2.75) is 13.0 Å². The highest BCUT2D eigenvalue weighted by Gasteiger charge is 2.45. The van der Waals surface area contributed by atoms with Gasteiger partial charge in [-0.3, -0.25) is 0 Å². The van der Waals surface area contributed by atoms with E-state index in [2.05, 4.69) is 0 Å². The van der Waals surface area contributed by atoms with Gasteiger partial charge in [-0.25, -0.2) is 4.79 Å². The summed E-state index contributed by atoms with van der Waals surface area (Å²) in [4.78, 5) is 34.7. The van der Waals surface area contributed by atoms with Crippen molar-refractivity contribution in [2.75, 3.05) is 0 Å². The molecule has 6 heteroatoms. The van der Waals surface area contributed by atoms with Crippen LogP contribution in [-0.2, 0) is 4.79 Å². The van der Waals surface area contributed by atoms with Crippen LogP contribution in [0.1, 0.15) is 6.92 Å².